The van der Waals surface area contributed by atoms with Crippen LogP contribution in [0.4, 0.5) is 4.79 Å². The molecule has 0 atom stereocenters. The van der Waals surface area contributed by atoms with Crippen molar-refractivity contribution in [2.75, 3.05) is 13.1 Å². The van der Waals surface area contributed by atoms with Crippen molar-refractivity contribution in [1.82, 2.24) is 29.3 Å². The van der Waals surface area contributed by atoms with Crippen LogP contribution in [0.15, 0.2) is 24.7 Å². The minimum absolute atomic E-state index is 0.159. The zero-order valence-corrected chi connectivity index (χ0v) is 17.1. The SMILES string of the molecule is CC(C)(C)c1nn(C2(CC#N)CN(C(=O)O)C2)cc1-c1nc(Cl)cn2nccc12. The van der Waals surface area contributed by atoms with Crippen molar-refractivity contribution in [3.05, 3.63) is 35.5 Å². The Hall–Kier alpha value is -3.12. The first-order valence-electron chi connectivity index (χ1n) is 9.10. The Kier molecular flexibility index (Phi) is 4.28. The van der Waals surface area contributed by atoms with Gasteiger partial charge in [-0.05, 0) is 6.07 Å². The maximum Gasteiger partial charge on any atom is 0.407 e. The van der Waals surface area contributed by atoms with Crippen molar-refractivity contribution in [3.63, 3.8) is 0 Å². The molecule has 0 aliphatic carbocycles. The van der Waals surface area contributed by atoms with Crippen LogP contribution < -0.4 is 0 Å². The van der Waals surface area contributed by atoms with Gasteiger partial charge in [0.25, 0.3) is 0 Å². The van der Waals surface area contributed by atoms with Gasteiger partial charge in [0.1, 0.15) is 16.4 Å². The number of rotatable bonds is 3. The van der Waals surface area contributed by atoms with Crippen molar-refractivity contribution in [2.45, 2.75) is 38.1 Å². The summed E-state index contributed by atoms with van der Waals surface area (Å²) in [4.78, 5) is 17.1. The summed E-state index contributed by atoms with van der Waals surface area (Å²) < 4.78 is 3.40. The third-order valence-electron chi connectivity index (χ3n) is 5.18. The van der Waals surface area contributed by atoms with Crippen molar-refractivity contribution in [1.29, 1.82) is 5.26 Å². The van der Waals surface area contributed by atoms with Crippen LogP contribution in [0.3, 0.4) is 0 Å². The highest BCUT2D eigenvalue weighted by atomic mass is 35.5. The van der Waals surface area contributed by atoms with E-state index in [4.69, 9.17) is 16.7 Å². The third kappa shape index (κ3) is 3.09. The summed E-state index contributed by atoms with van der Waals surface area (Å²) >= 11 is 6.22. The zero-order valence-electron chi connectivity index (χ0n) is 16.3. The number of carbonyl (C=O) groups is 1. The fraction of sp³-hybridized carbons (Fsp3) is 0.421. The van der Waals surface area contributed by atoms with E-state index in [9.17, 15) is 15.2 Å². The molecule has 1 N–H and O–H groups in total. The van der Waals surface area contributed by atoms with Crippen LogP contribution in [0.1, 0.15) is 32.9 Å². The molecule has 10 heteroatoms. The molecule has 1 saturated heterocycles. The first-order chi connectivity index (χ1) is 13.6. The summed E-state index contributed by atoms with van der Waals surface area (Å²) in [6.07, 6.45) is 4.32. The molecule has 0 spiro atoms. The molecule has 1 aliphatic rings. The van der Waals surface area contributed by atoms with Gasteiger partial charge in [-0.15, -0.1) is 0 Å². The van der Waals surface area contributed by atoms with E-state index < -0.39 is 11.6 Å². The normalized spacial score (nSPS) is 15.9. The van der Waals surface area contributed by atoms with E-state index >= 15 is 0 Å². The molecule has 29 heavy (non-hydrogen) atoms. The first kappa shape index (κ1) is 19.2. The standard InChI is InChI=1S/C19H20ClN7O2/c1-18(2,3)16-12(15-13-4-7-22-26(13)9-14(20)23-15)8-27(24-16)19(5-6-21)10-25(11-19)17(28)29/h4,7-9H,5,10-11H2,1-3H3,(H,28,29). The molecular formula is C19H20ClN7O2. The molecule has 150 valence electrons. The number of nitrogens with zero attached hydrogens (tertiary/aromatic N) is 7. The van der Waals surface area contributed by atoms with Gasteiger partial charge in [0.05, 0.1) is 49.2 Å². The molecule has 0 bridgehead atoms. The van der Waals surface area contributed by atoms with Gasteiger partial charge in [-0.25, -0.2) is 14.3 Å². The van der Waals surface area contributed by atoms with E-state index in [1.165, 1.54) is 4.90 Å². The lowest BCUT2D eigenvalue weighted by Crippen LogP contribution is -2.64. The quantitative estimate of drug-likeness (QED) is 0.705. The average Bonchev–Trinajstić information content (AvgIpc) is 3.23. The minimum atomic E-state index is -1.00. The largest absolute Gasteiger partial charge is 0.465 e. The molecule has 3 aromatic heterocycles. The molecule has 1 aliphatic heterocycles. The average molecular weight is 414 g/mol. The van der Waals surface area contributed by atoms with E-state index in [-0.39, 0.29) is 24.9 Å². The highest BCUT2D eigenvalue weighted by molar-refractivity contribution is 6.29. The van der Waals surface area contributed by atoms with Crippen LogP contribution in [0.5, 0.6) is 0 Å². The number of carboxylic acid groups (broad SMARTS) is 1. The summed E-state index contributed by atoms with van der Waals surface area (Å²) in [6.45, 7) is 6.56. The lowest BCUT2D eigenvalue weighted by Gasteiger charge is -2.47. The van der Waals surface area contributed by atoms with Crippen molar-refractivity contribution in [3.8, 4) is 17.3 Å². The lowest BCUT2D eigenvalue weighted by atomic mass is 9.87. The van der Waals surface area contributed by atoms with E-state index in [0.717, 1.165) is 16.8 Å². The summed E-state index contributed by atoms with van der Waals surface area (Å²) in [6, 6.07) is 4.03. The number of likely N-dealkylation sites (tertiary alicyclic amines) is 1. The molecule has 0 radical (unpaired) electrons. The van der Waals surface area contributed by atoms with Crippen LogP contribution in [0.2, 0.25) is 5.15 Å². The third-order valence-corrected chi connectivity index (χ3v) is 5.36. The van der Waals surface area contributed by atoms with Crippen LogP contribution in [-0.2, 0) is 11.0 Å². The second-order valence-corrected chi connectivity index (χ2v) is 8.74. The number of nitriles is 1. The molecule has 9 nitrogen and oxygen atoms in total. The van der Waals surface area contributed by atoms with Gasteiger partial charge in [0, 0.05) is 17.2 Å². The number of halogens is 1. The highest BCUT2D eigenvalue weighted by Gasteiger charge is 2.48. The van der Waals surface area contributed by atoms with Crippen molar-refractivity contribution < 1.29 is 9.90 Å². The van der Waals surface area contributed by atoms with Crippen LogP contribution in [0.25, 0.3) is 16.8 Å². The van der Waals surface area contributed by atoms with Gasteiger partial charge in [-0.3, -0.25) is 4.68 Å². The molecule has 1 fully saturated rings. The minimum Gasteiger partial charge on any atom is -0.465 e. The van der Waals surface area contributed by atoms with Crippen LogP contribution in [0, 0.1) is 11.3 Å². The van der Waals surface area contributed by atoms with Gasteiger partial charge in [0.15, 0.2) is 0 Å². The molecule has 0 aromatic carbocycles. The predicted octanol–water partition coefficient (Wildman–Crippen LogP) is 3.15. The Labute approximate surface area is 172 Å². The maximum atomic E-state index is 11.3. The molecule has 4 rings (SSSR count). The second-order valence-electron chi connectivity index (χ2n) is 8.36. The predicted molar refractivity (Wildman–Crippen MR) is 106 cm³/mol. The van der Waals surface area contributed by atoms with Gasteiger partial charge in [-0.2, -0.15) is 15.5 Å². The Morgan fingerprint density at radius 2 is 2.10 bits per heavy atom. The monoisotopic (exact) mass is 413 g/mol. The molecule has 0 saturated carbocycles. The molecule has 3 aromatic rings. The van der Waals surface area contributed by atoms with Crippen molar-refractivity contribution in [2.24, 2.45) is 0 Å². The van der Waals surface area contributed by atoms with Crippen LogP contribution >= 0.6 is 11.6 Å². The van der Waals surface area contributed by atoms with Crippen LogP contribution in [-0.4, -0.2) is 53.6 Å². The Balaban J connectivity index is 1.90. The number of aromatic nitrogens is 5. The van der Waals surface area contributed by atoms with E-state index in [1.807, 2.05) is 33.0 Å². The summed E-state index contributed by atoms with van der Waals surface area (Å²) in [5, 5.41) is 28.0. The molecule has 4 heterocycles. The molecule has 0 unspecified atom stereocenters. The maximum absolute atomic E-state index is 11.3. The Morgan fingerprint density at radius 1 is 1.38 bits per heavy atom. The van der Waals surface area contributed by atoms with Gasteiger partial charge in [-0.1, -0.05) is 32.4 Å². The van der Waals surface area contributed by atoms with E-state index in [2.05, 4.69) is 16.2 Å². The summed E-state index contributed by atoms with van der Waals surface area (Å²) in [5.74, 6) is 0. The Bertz CT molecular complexity index is 1150. The van der Waals surface area contributed by atoms with Gasteiger partial charge >= 0.3 is 6.09 Å². The number of hydrogen-bond acceptors (Lipinski definition) is 5. The zero-order chi connectivity index (χ0) is 21.0. The van der Waals surface area contributed by atoms with E-state index in [1.54, 1.807) is 21.6 Å². The fourth-order valence-electron chi connectivity index (χ4n) is 3.73. The first-order valence-corrected chi connectivity index (χ1v) is 9.48. The summed E-state index contributed by atoms with van der Waals surface area (Å²) in [5.41, 5.74) is 2.01. The highest BCUT2D eigenvalue weighted by Crippen LogP contribution is 2.38. The van der Waals surface area contributed by atoms with Gasteiger partial charge < -0.3 is 10.0 Å². The van der Waals surface area contributed by atoms with Gasteiger partial charge in [0.2, 0.25) is 0 Å². The number of hydrogen-bond donors (Lipinski definition) is 1. The summed E-state index contributed by atoms with van der Waals surface area (Å²) in [7, 11) is 0. The topological polar surface area (TPSA) is 112 Å². The smallest absolute Gasteiger partial charge is 0.407 e. The van der Waals surface area contributed by atoms with E-state index in [0.29, 0.717) is 10.8 Å². The lowest BCUT2D eigenvalue weighted by molar-refractivity contribution is 0.0135. The fourth-order valence-corrected chi connectivity index (χ4v) is 3.90. The van der Waals surface area contributed by atoms with Crippen molar-refractivity contribution >= 4 is 23.2 Å². The number of amides is 1. The Morgan fingerprint density at radius 3 is 2.72 bits per heavy atom. The molecule has 1 amide bonds. The molecular weight excluding hydrogens is 394 g/mol. The second kappa shape index (κ2) is 6.46. The number of fused-ring (bicyclic) bond motifs is 1.